The van der Waals surface area contributed by atoms with Crippen LogP contribution in [0.1, 0.15) is 19.3 Å². The minimum atomic E-state index is 0.995. The molecule has 0 saturated carbocycles. The highest BCUT2D eigenvalue weighted by molar-refractivity contribution is 8.77. The van der Waals surface area contributed by atoms with Crippen LogP contribution in [0.2, 0.25) is 0 Å². The van der Waals surface area contributed by atoms with Gasteiger partial charge in [0.1, 0.15) is 0 Å². The van der Waals surface area contributed by atoms with E-state index in [0.717, 1.165) is 5.92 Å². The zero-order chi connectivity index (χ0) is 7.23. The number of hydrogen-bond donors (Lipinski definition) is 0. The second kappa shape index (κ2) is 5.14. The van der Waals surface area contributed by atoms with Gasteiger partial charge in [0.25, 0.3) is 0 Å². The molecule has 0 atom stereocenters. The maximum absolute atomic E-state index is 3.71. The molecular weight excluding hydrogens is 160 g/mol. The summed E-state index contributed by atoms with van der Waals surface area (Å²) in [5.41, 5.74) is 0. The van der Waals surface area contributed by atoms with Crippen LogP contribution < -0.4 is 0 Å². The fraction of sp³-hybridized carbons (Fsp3) is 0.750. The SMILES string of the molecule is C=CCCCC1CSSC1. The average Bonchev–Trinajstić information content (AvgIpc) is 2.41. The van der Waals surface area contributed by atoms with Crippen LogP contribution in [0.4, 0.5) is 0 Å². The molecule has 2 heteroatoms. The lowest BCUT2D eigenvalue weighted by Crippen LogP contribution is -1.99. The summed E-state index contributed by atoms with van der Waals surface area (Å²) in [5.74, 6) is 3.75. The Morgan fingerprint density at radius 2 is 2.10 bits per heavy atom. The Balaban J connectivity index is 1.96. The van der Waals surface area contributed by atoms with Gasteiger partial charge in [-0.3, -0.25) is 0 Å². The molecule has 0 N–H and O–H groups in total. The first-order valence-corrected chi connectivity index (χ1v) is 6.27. The lowest BCUT2D eigenvalue weighted by atomic mass is 10.1. The van der Waals surface area contributed by atoms with Gasteiger partial charge < -0.3 is 0 Å². The third-order valence-electron chi connectivity index (χ3n) is 1.71. The highest BCUT2D eigenvalue weighted by Crippen LogP contribution is 2.36. The molecule has 0 aliphatic carbocycles. The van der Waals surface area contributed by atoms with E-state index in [-0.39, 0.29) is 0 Å². The van der Waals surface area contributed by atoms with Crippen molar-refractivity contribution in [2.75, 3.05) is 11.5 Å². The van der Waals surface area contributed by atoms with Gasteiger partial charge in [0.05, 0.1) is 0 Å². The molecule has 10 heavy (non-hydrogen) atoms. The van der Waals surface area contributed by atoms with Gasteiger partial charge >= 0.3 is 0 Å². The second-order valence-corrected chi connectivity index (χ2v) is 5.21. The van der Waals surface area contributed by atoms with Gasteiger partial charge in [0, 0.05) is 11.5 Å². The molecular formula is C8H14S2. The van der Waals surface area contributed by atoms with Gasteiger partial charge in [-0.1, -0.05) is 27.7 Å². The Morgan fingerprint density at radius 3 is 2.70 bits per heavy atom. The molecule has 0 aromatic rings. The molecule has 1 rings (SSSR count). The van der Waals surface area contributed by atoms with Crippen molar-refractivity contribution in [2.24, 2.45) is 5.92 Å². The molecule has 0 aromatic carbocycles. The van der Waals surface area contributed by atoms with Crippen LogP contribution in [0.3, 0.4) is 0 Å². The topological polar surface area (TPSA) is 0 Å². The Bertz CT molecular complexity index is 95.4. The molecule has 0 unspecified atom stereocenters. The predicted molar refractivity (Wildman–Crippen MR) is 52.5 cm³/mol. The van der Waals surface area contributed by atoms with E-state index < -0.39 is 0 Å². The summed E-state index contributed by atoms with van der Waals surface area (Å²) in [7, 11) is 4.06. The standard InChI is InChI=1S/C8H14S2/c1-2-3-4-5-8-6-9-10-7-8/h2,8H,1,3-7H2. The Hall–Kier alpha value is 0.440. The van der Waals surface area contributed by atoms with Crippen LogP contribution in [-0.4, -0.2) is 11.5 Å². The predicted octanol–water partition coefficient (Wildman–Crippen LogP) is 3.35. The van der Waals surface area contributed by atoms with Gasteiger partial charge in [-0.2, -0.15) is 0 Å². The van der Waals surface area contributed by atoms with E-state index >= 15 is 0 Å². The van der Waals surface area contributed by atoms with Crippen molar-refractivity contribution < 1.29 is 0 Å². The normalized spacial score (nSPS) is 19.6. The van der Waals surface area contributed by atoms with Crippen molar-refractivity contribution in [3.63, 3.8) is 0 Å². The monoisotopic (exact) mass is 174 g/mol. The van der Waals surface area contributed by atoms with Gasteiger partial charge in [-0.05, 0) is 25.2 Å². The quantitative estimate of drug-likeness (QED) is 0.364. The summed E-state index contributed by atoms with van der Waals surface area (Å²) in [6.45, 7) is 3.71. The summed E-state index contributed by atoms with van der Waals surface area (Å²) in [5, 5.41) is 0. The smallest absolute Gasteiger partial charge is 0.00735 e. The van der Waals surface area contributed by atoms with Crippen LogP contribution in [0.5, 0.6) is 0 Å². The van der Waals surface area contributed by atoms with Gasteiger partial charge in [-0.25, -0.2) is 0 Å². The lowest BCUT2D eigenvalue weighted by Gasteiger charge is -2.03. The molecule has 1 saturated heterocycles. The van der Waals surface area contributed by atoms with E-state index in [2.05, 4.69) is 6.58 Å². The van der Waals surface area contributed by atoms with E-state index in [1.807, 2.05) is 27.7 Å². The Labute approximate surface area is 71.2 Å². The number of hydrogen-bond acceptors (Lipinski definition) is 2. The summed E-state index contributed by atoms with van der Waals surface area (Å²) in [6.07, 6.45) is 5.97. The van der Waals surface area contributed by atoms with Crippen molar-refractivity contribution in [2.45, 2.75) is 19.3 Å². The average molecular weight is 174 g/mol. The van der Waals surface area contributed by atoms with Crippen LogP contribution in [0.15, 0.2) is 12.7 Å². The highest BCUT2D eigenvalue weighted by atomic mass is 33.1. The zero-order valence-corrected chi connectivity index (χ0v) is 7.85. The van der Waals surface area contributed by atoms with E-state index in [9.17, 15) is 0 Å². The summed E-state index contributed by atoms with van der Waals surface area (Å²) in [6, 6.07) is 0. The molecule has 0 radical (unpaired) electrons. The minimum absolute atomic E-state index is 0.995. The first-order chi connectivity index (χ1) is 4.93. The van der Waals surface area contributed by atoms with Gasteiger partial charge in [0.15, 0.2) is 0 Å². The molecule has 0 amide bonds. The number of allylic oxidation sites excluding steroid dienone is 1. The third kappa shape index (κ3) is 3.02. The summed E-state index contributed by atoms with van der Waals surface area (Å²) < 4.78 is 0. The van der Waals surface area contributed by atoms with Crippen molar-refractivity contribution in [3.05, 3.63) is 12.7 Å². The number of unbranched alkanes of at least 4 members (excludes halogenated alkanes) is 1. The fourth-order valence-corrected chi connectivity index (χ4v) is 4.08. The van der Waals surface area contributed by atoms with E-state index in [4.69, 9.17) is 0 Å². The first kappa shape index (κ1) is 8.54. The Morgan fingerprint density at radius 1 is 1.40 bits per heavy atom. The Kier molecular flexibility index (Phi) is 4.39. The molecule has 0 aromatic heterocycles. The maximum Gasteiger partial charge on any atom is 0.00735 e. The van der Waals surface area contributed by atoms with Crippen molar-refractivity contribution >= 4 is 21.6 Å². The van der Waals surface area contributed by atoms with Gasteiger partial charge in [0.2, 0.25) is 0 Å². The molecule has 1 fully saturated rings. The van der Waals surface area contributed by atoms with Crippen molar-refractivity contribution in [3.8, 4) is 0 Å². The van der Waals surface area contributed by atoms with E-state index in [1.54, 1.807) is 0 Å². The molecule has 58 valence electrons. The van der Waals surface area contributed by atoms with E-state index in [1.165, 1.54) is 30.8 Å². The molecule has 1 aliphatic heterocycles. The van der Waals surface area contributed by atoms with Crippen LogP contribution in [0.25, 0.3) is 0 Å². The molecule has 0 spiro atoms. The van der Waals surface area contributed by atoms with Gasteiger partial charge in [-0.15, -0.1) is 6.58 Å². The first-order valence-electron chi connectivity index (χ1n) is 3.79. The number of rotatable bonds is 4. The summed E-state index contributed by atoms with van der Waals surface area (Å²) >= 11 is 0. The van der Waals surface area contributed by atoms with Crippen LogP contribution in [-0.2, 0) is 0 Å². The maximum atomic E-state index is 3.71. The van der Waals surface area contributed by atoms with Crippen molar-refractivity contribution in [1.82, 2.24) is 0 Å². The van der Waals surface area contributed by atoms with Crippen LogP contribution >= 0.6 is 21.6 Å². The third-order valence-corrected chi connectivity index (χ3v) is 4.41. The fourth-order valence-electron chi connectivity index (χ4n) is 1.05. The molecule has 1 heterocycles. The molecule has 0 nitrogen and oxygen atoms in total. The zero-order valence-electron chi connectivity index (χ0n) is 6.21. The second-order valence-electron chi connectivity index (χ2n) is 2.65. The van der Waals surface area contributed by atoms with Crippen LogP contribution in [0, 0.1) is 5.92 Å². The summed E-state index contributed by atoms with van der Waals surface area (Å²) in [4.78, 5) is 0. The highest BCUT2D eigenvalue weighted by Gasteiger charge is 2.14. The minimum Gasteiger partial charge on any atom is -0.103 e. The van der Waals surface area contributed by atoms with Crippen molar-refractivity contribution in [1.29, 1.82) is 0 Å². The molecule has 1 aliphatic rings. The largest absolute Gasteiger partial charge is 0.103 e. The molecule has 0 bridgehead atoms. The lowest BCUT2D eigenvalue weighted by molar-refractivity contribution is 0.582. The van der Waals surface area contributed by atoms with E-state index in [0.29, 0.717) is 0 Å².